The summed E-state index contributed by atoms with van der Waals surface area (Å²) < 4.78 is 52.4. The van der Waals surface area contributed by atoms with Gasteiger partial charge in [-0.1, -0.05) is 24.3 Å². The fourth-order valence-corrected chi connectivity index (χ4v) is 3.83. The predicted molar refractivity (Wildman–Crippen MR) is 109 cm³/mol. The highest BCUT2D eigenvalue weighted by Crippen LogP contribution is 2.56. The number of primary amides is 1. The van der Waals surface area contributed by atoms with Crippen molar-refractivity contribution in [3.63, 3.8) is 0 Å². The van der Waals surface area contributed by atoms with Gasteiger partial charge in [0.25, 0.3) is 6.47 Å². The molecule has 1 amide bonds. The van der Waals surface area contributed by atoms with Crippen molar-refractivity contribution in [2.75, 3.05) is 33.4 Å². The van der Waals surface area contributed by atoms with Crippen molar-refractivity contribution in [1.29, 1.82) is 0 Å². The van der Waals surface area contributed by atoms with E-state index in [2.05, 4.69) is 4.74 Å². The lowest BCUT2D eigenvalue weighted by molar-refractivity contribution is -0.246. The second-order valence-electron chi connectivity index (χ2n) is 7.48. The molecular formula is C22H23F3N2O5. The summed E-state index contributed by atoms with van der Waals surface area (Å²) in [5, 5.41) is 10.8. The Morgan fingerprint density at radius 3 is 2.56 bits per heavy atom. The van der Waals surface area contributed by atoms with Crippen LogP contribution in [-0.4, -0.2) is 61.9 Å². The number of likely N-dealkylation sites (N-methyl/N-ethyl adjacent to an activating group) is 1. The number of rotatable bonds is 10. The van der Waals surface area contributed by atoms with E-state index in [0.29, 0.717) is 26.0 Å². The zero-order valence-electron chi connectivity index (χ0n) is 17.3. The van der Waals surface area contributed by atoms with Crippen LogP contribution in [0.3, 0.4) is 0 Å². The minimum Gasteiger partial charge on any atom is -0.492 e. The Morgan fingerprint density at radius 1 is 1.19 bits per heavy atom. The first-order valence-corrected chi connectivity index (χ1v) is 9.85. The van der Waals surface area contributed by atoms with Gasteiger partial charge in [0.15, 0.2) is 0 Å². The number of hydrogen-bond donors (Lipinski definition) is 2. The molecule has 2 aromatic carbocycles. The summed E-state index contributed by atoms with van der Waals surface area (Å²) in [6, 6.07) is 7.89. The lowest BCUT2D eigenvalue weighted by Gasteiger charge is -2.28. The molecule has 0 bridgehead atoms. The van der Waals surface area contributed by atoms with E-state index in [0.717, 1.165) is 6.07 Å². The molecule has 0 radical (unpaired) electrons. The molecule has 1 aliphatic carbocycles. The summed E-state index contributed by atoms with van der Waals surface area (Å²) in [5.41, 5.74) is 1.21. The molecule has 10 heteroatoms. The maximum absolute atomic E-state index is 14.1. The molecule has 0 aliphatic heterocycles. The zero-order valence-corrected chi connectivity index (χ0v) is 17.3. The Morgan fingerprint density at radius 2 is 1.91 bits per heavy atom. The van der Waals surface area contributed by atoms with Gasteiger partial charge in [-0.25, -0.2) is 0 Å². The van der Waals surface area contributed by atoms with Gasteiger partial charge in [-0.05, 0) is 31.2 Å². The van der Waals surface area contributed by atoms with Crippen LogP contribution >= 0.6 is 0 Å². The smallest absolute Gasteiger partial charge is 0.425 e. The van der Waals surface area contributed by atoms with Crippen LogP contribution in [0.4, 0.5) is 13.2 Å². The highest BCUT2D eigenvalue weighted by molar-refractivity contribution is 6.03. The standard InChI is InChI=1S/C22H23F3N2O5/c1-27(7-4-9-31-13-28)8-10-32-14-11-16(20(26)29)19-15-5-2-3-6-17(15)21(30,18(19)12-14)22(23,24)25/h2-3,5-6,11-13,30H,4,7-10H2,1H3,(H2,26,29). The van der Waals surface area contributed by atoms with Crippen LogP contribution in [0.2, 0.25) is 0 Å². The molecule has 172 valence electrons. The number of aliphatic hydroxyl groups is 1. The predicted octanol–water partition coefficient (Wildman–Crippen LogP) is 2.44. The third kappa shape index (κ3) is 4.28. The summed E-state index contributed by atoms with van der Waals surface area (Å²) in [5.74, 6) is -0.939. The van der Waals surface area contributed by atoms with Gasteiger partial charge in [0, 0.05) is 29.8 Å². The largest absolute Gasteiger partial charge is 0.492 e. The van der Waals surface area contributed by atoms with Crippen molar-refractivity contribution >= 4 is 12.4 Å². The van der Waals surface area contributed by atoms with Gasteiger partial charge < -0.3 is 25.2 Å². The Kier molecular flexibility index (Phi) is 6.75. The first kappa shape index (κ1) is 23.6. The van der Waals surface area contributed by atoms with Gasteiger partial charge in [0.2, 0.25) is 11.5 Å². The van der Waals surface area contributed by atoms with Gasteiger partial charge >= 0.3 is 6.18 Å². The van der Waals surface area contributed by atoms with Gasteiger partial charge in [-0.3, -0.25) is 9.59 Å². The van der Waals surface area contributed by atoms with Crippen molar-refractivity contribution in [1.82, 2.24) is 4.90 Å². The second-order valence-corrected chi connectivity index (χ2v) is 7.48. The molecule has 0 saturated carbocycles. The number of nitrogens with two attached hydrogens (primary N) is 1. The van der Waals surface area contributed by atoms with E-state index in [1.807, 2.05) is 4.90 Å². The molecule has 7 nitrogen and oxygen atoms in total. The van der Waals surface area contributed by atoms with Gasteiger partial charge in [0.05, 0.1) is 12.2 Å². The summed E-state index contributed by atoms with van der Waals surface area (Å²) in [4.78, 5) is 24.1. The number of nitrogens with zero attached hydrogens (tertiary/aromatic N) is 1. The van der Waals surface area contributed by atoms with Gasteiger partial charge in [0.1, 0.15) is 12.4 Å². The molecule has 3 N–H and O–H groups in total. The fourth-order valence-electron chi connectivity index (χ4n) is 3.83. The number of ether oxygens (including phenoxy) is 2. The number of benzene rings is 2. The van der Waals surface area contributed by atoms with Crippen LogP contribution in [0.25, 0.3) is 11.1 Å². The first-order chi connectivity index (χ1) is 15.1. The number of amides is 1. The van der Waals surface area contributed by atoms with E-state index in [-0.39, 0.29) is 41.2 Å². The minimum absolute atomic E-state index is 0.00859. The summed E-state index contributed by atoms with van der Waals surface area (Å²) in [6.45, 7) is 1.79. The molecule has 1 aliphatic rings. The van der Waals surface area contributed by atoms with Gasteiger partial charge in [-0.15, -0.1) is 0 Å². The Hall–Kier alpha value is -3.11. The third-order valence-electron chi connectivity index (χ3n) is 5.38. The zero-order chi connectivity index (χ0) is 23.5. The Balaban J connectivity index is 1.89. The maximum atomic E-state index is 14.1. The summed E-state index contributed by atoms with van der Waals surface area (Å²) in [7, 11) is 1.81. The number of alkyl halides is 3. The van der Waals surface area contributed by atoms with Crippen LogP contribution in [0.15, 0.2) is 36.4 Å². The normalized spacial score (nSPS) is 17.1. The average molecular weight is 452 g/mol. The number of carbonyl (C=O) groups excluding carboxylic acids is 2. The van der Waals surface area contributed by atoms with E-state index in [1.54, 1.807) is 7.05 Å². The quantitative estimate of drug-likeness (QED) is 0.424. The van der Waals surface area contributed by atoms with Crippen LogP contribution in [0.5, 0.6) is 5.75 Å². The van der Waals surface area contributed by atoms with E-state index in [9.17, 15) is 27.9 Å². The third-order valence-corrected chi connectivity index (χ3v) is 5.38. The van der Waals surface area contributed by atoms with Crippen molar-refractivity contribution in [3.8, 4) is 16.9 Å². The molecule has 0 spiro atoms. The molecule has 0 aromatic heterocycles. The number of fused-ring (bicyclic) bond motifs is 3. The van der Waals surface area contributed by atoms with Crippen LogP contribution in [0.1, 0.15) is 27.9 Å². The Labute approximate surface area is 182 Å². The lowest BCUT2D eigenvalue weighted by atomic mass is 9.90. The molecule has 0 fully saturated rings. The van der Waals surface area contributed by atoms with E-state index < -0.39 is 23.2 Å². The molecule has 0 heterocycles. The molecule has 1 unspecified atom stereocenters. The van der Waals surface area contributed by atoms with E-state index in [4.69, 9.17) is 10.5 Å². The van der Waals surface area contributed by atoms with Crippen molar-refractivity contribution in [2.45, 2.75) is 18.2 Å². The molecule has 32 heavy (non-hydrogen) atoms. The monoisotopic (exact) mass is 452 g/mol. The highest BCUT2D eigenvalue weighted by Gasteiger charge is 2.61. The summed E-state index contributed by atoms with van der Waals surface area (Å²) in [6.07, 6.45) is -4.43. The maximum Gasteiger partial charge on any atom is 0.425 e. The highest BCUT2D eigenvalue weighted by atomic mass is 19.4. The van der Waals surface area contributed by atoms with Crippen LogP contribution < -0.4 is 10.5 Å². The molecule has 0 saturated heterocycles. The van der Waals surface area contributed by atoms with Crippen LogP contribution in [-0.2, 0) is 15.1 Å². The molecular weight excluding hydrogens is 429 g/mol. The van der Waals surface area contributed by atoms with Crippen LogP contribution in [0, 0.1) is 0 Å². The van der Waals surface area contributed by atoms with Crippen molar-refractivity contribution in [2.24, 2.45) is 5.73 Å². The van der Waals surface area contributed by atoms with Crippen molar-refractivity contribution in [3.05, 3.63) is 53.1 Å². The molecule has 3 rings (SSSR count). The van der Waals surface area contributed by atoms with Crippen molar-refractivity contribution < 1.29 is 37.3 Å². The molecule has 1 atom stereocenters. The van der Waals surface area contributed by atoms with Gasteiger partial charge in [-0.2, -0.15) is 13.2 Å². The number of hydrogen-bond acceptors (Lipinski definition) is 6. The number of carbonyl (C=O) groups is 2. The minimum atomic E-state index is -5.04. The summed E-state index contributed by atoms with van der Waals surface area (Å²) >= 11 is 0. The lowest BCUT2D eigenvalue weighted by Crippen LogP contribution is -2.41. The molecule has 2 aromatic rings. The Bertz CT molecular complexity index is 1010. The average Bonchev–Trinajstić information content (AvgIpc) is 3.01. The topological polar surface area (TPSA) is 102 Å². The second kappa shape index (κ2) is 9.17. The fraction of sp³-hybridized carbons (Fsp3) is 0.364. The first-order valence-electron chi connectivity index (χ1n) is 9.85. The SMILES string of the molecule is CN(CCCOC=O)CCOc1cc(C(N)=O)c2c(c1)C(O)(C(F)(F)F)c1ccccc1-2. The van der Waals surface area contributed by atoms with E-state index >= 15 is 0 Å². The number of halogens is 3. The van der Waals surface area contributed by atoms with E-state index in [1.165, 1.54) is 30.3 Å².